The van der Waals surface area contributed by atoms with Gasteiger partial charge in [0.15, 0.2) is 0 Å². The first-order valence-electron chi connectivity index (χ1n) is 24.0. The van der Waals surface area contributed by atoms with E-state index in [1.54, 1.807) is 0 Å². The van der Waals surface area contributed by atoms with E-state index in [1.807, 2.05) is 0 Å². The van der Waals surface area contributed by atoms with Crippen molar-refractivity contribution >= 4 is 43.1 Å². The maximum atomic E-state index is 6.30. The molecule has 9 rings (SSSR count). The molecule has 7 aromatic rings. The Morgan fingerprint density at radius 1 is 0.438 bits per heavy atom. The molecule has 0 spiro atoms. The van der Waals surface area contributed by atoms with Crippen LogP contribution in [0.4, 0.5) is 0 Å². The molecule has 6 nitrogen and oxygen atoms in total. The number of benzene rings is 7. The SMILES string of the molecule is CCC1(COCCCCCOCc2ccc3cc(-c4c5ccccc5c(-c5ccc(COCCCCCOCC6(CC)COC6)c6ccccc56)c5ccccc45)ccc3c2)COC1. The molecular formula is C58H66O6. The molecule has 7 aromatic carbocycles. The van der Waals surface area contributed by atoms with Gasteiger partial charge in [-0.1, -0.05) is 123 Å². The molecule has 0 N–H and O–H groups in total. The van der Waals surface area contributed by atoms with Gasteiger partial charge in [0.25, 0.3) is 0 Å². The average molecular weight is 859 g/mol. The van der Waals surface area contributed by atoms with Crippen LogP contribution in [0.2, 0.25) is 0 Å². The van der Waals surface area contributed by atoms with E-state index in [-0.39, 0.29) is 10.8 Å². The topological polar surface area (TPSA) is 55.4 Å². The standard InChI is InChI=1S/C58H66O6/c1-3-57(39-63-40-57)37-61-31-15-5-13-29-59-35-43-23-24-45-34-46(26-25-44(45)33-43)55-50-19-9-11-21-52(50)56(53-22-12-10-20-51(53)55)54-28-27-47(48-17-7-8-18-49(48)54)36-60-30-14-6-16-32-62-38-58(4-2)41-64-42-58/h7-12,17-28,33-34H,3-6,13-16,29-32,35-42H2,1-2H3. The Kier molecular flexibility index (Phi) is 14.7. The van der Waals surface area contributed by atoms with Gasteiger partial charge in [0.1, 0.15) is 0 Å². The minimum absolute atomic E-state index is 0.257. The second-order valence-electron chi connectivity index (χ2n) is 18.6. The van der Waals surface area contributed by atoms with Crippen LogP contribution in [-0.2, 0) is 41.6 Å². The first-order chi connectivity index (χ1) is 31.6. The van der Waals surface area contributed by atoms with Crippen molar-refractivity contribution in [2.75, 3.05) is 66.1 Å². The Labute approximate surface area is 380 Å². The molecule has 0 aliphatic carbocycles. The van der Waals surface area contributed by atoms with Crippen LogP contribution in [0.15, 0.2) is 121 Å². The number of hydrogen-bond donors (Lipinski definition) is 0. The summed E-state index contributed by atoms with van der Waals surface area (Å²) in [6.07, 6.45) is 8.70. The Hall–Kier alpha value is -4.66. The van der Waals surface area contributed by atoms with Crippen LogP contribution in [-0.4, -0.2) is 66.1 Å². The molecule has 0 saturated carbocycles. The van der Waals surface area contributed by atoms with Crippen molar-refractivity contribution in [2.45, 2.75) is 78.4 Å². The third-order valence-electron chi connectivity index (χ3n) is 14.0. The third kappa shape index (κ3) is 9.94. The van der Waals surface area contributed by atoms with Gasteiger partial charge in [-0.05, 0) is 140 Å². The number of rotatable bonds is 24. The lowest BCUT2D eigenvalue weighted by Crippen LogP contribution is -2.45. The highest BCUT2D eigenvalue weighted by Gasteiger charge is 2.37. The van der Waals surface area contributed by atoms with Crippen molar-refractivity contribution in [1.82, 2.24) is 0 Å². The van der Waals surface area contributed by atoms with Gasteiger partial charge in [-0.2, -0.15) is 0 Å². The highest BCUT2D eigenvalue weighted by Crippen LogP contribution is 2.46. The molecule has 0 atom stereocenters. The van der Waals surface area contributed by atoms with E-state index in [0.29, 0.717) is 13.2 Å². The minimum Gasteiger partial charge on any atom is -0.381 e. The van der Waals surface area contributed by atoms with E-state index >= 15 is 0 Å². The highest BCUT2D eigenvalue weighted by molar-refractivity contribution is 6.23. The summed E-state index contributed by atoms with van der Waals surface area (Å²) in [6, 6.07) is 45.1. The molecule has 2 aliphatic rings. The predicted octanol–water partition coefficient (Wildman–Crippen LogP) is 13.9. The monoisotopic (exact) mass is 858 g/mol. The molecule has 0 aromatic heterocycles. The maximum Gasteiger partial charge on any atom is 0.0722 e. The lowest BCUT2D eigenvalue weighted by atomic mass is 9.84. The van der Waals surface area contributed by atoms with E-state index in [1.165, 1.54) is 76.5 Å². The van der Waals surface area contributed by atoms with Gasteiger partial charge in [0, 0.05) is 37.3 Å². The van der Waals surface area contributed by atoms with E-state index in [0.717, 1.165) is 117 Å². The normalized spacial score (nSPS) is 15.5. The van der Waals surface area contributed by atoms with Crippen LogP contribution in [0, 0.1) is 10.8 Å². The summed E-state index contributed by atoms with van der Waals surface area (Å²) in [4.78, 5) is 0. The molecule has 2 heterocycles. The quantitative estimate of drug-likeness (QED) is 0.0446. The van der Waals surface area contributed by atoms with Crippen LogP contribution in [0.5, 0.6) is 0 Å². The first kappa shape index (κ1) is 44.5. The molecule has 2 saturated heterocycles. The van der Waals surface area contributed by atoms with Gasteiger partial charge in [0.05, 0.1) is 52.9 Å². The van der Waals surface area contributed by atoms with Crippen molar-refractivity contribution in [1.29, 1.82) is 0 Å². The van der Waals surface area contributed by atoms with Crippen LogP contribution in [0.3, 0.4) is 0 Å². The minimum atomic E-state index is 0.257. The fourth-order valence-corrected chi connectivity index (χ4v) is 9.66. The molecule has 334 valence electrons. The van der Waals surface area contributed by atoms with Crippen molar-refractivity contribution in [3.63, 3.8) is 0 Å². The van der Waals surface area contributed by atoms with Gasteiger partial charge >= 0.3 is 0 Å². The Morgan fingerprint density at radius 2 is 0.922 bits per heavy atom. The fourth-order valence-electron chi connectivity index (χ4n) is 9.66. The summed E-state index contributed by atoms with van der Waals surface area (Å²) >= 11 is 0. The molecule has 0 amide bonds. The lowest BCUT2D eigenvalue weighted by Gasteiger charge is -2.40. The molecule has 0 unspecified atom stereocenters. The molecule has 0 bridgehead atoms. The summed E-state index contributed by atoms with van der Waals surface area (Å²) < 4.78 is 35.3. The lowest BCUT2D eigenvalue weighted by molar-refractivity contribution is -0.150. The van der Waals surface area contributed by atoms with E-state index < -0.39 is 0 Å². The summed E-state index contributed by atoms with van der Waals surface area (Å²) in [6.45, 7) is 13.8. The molecule has 2 fully saturated rings. The molecule has 64 heavy (non-hydrogen) atoms. The number of unbranched alkanes of at least 4 members (excludes halogenated alkanes) is 4. The van der Waals surface area contributed by atoms with Gasteiger partial charge in [-0.3, -0.25) is 0 Å². The zero-order valence-corrected chi connectivity index (χ0v) is 38.1. The van der Waals surface area contributed by atoms with Gasteiger partial charge in [0.2, 0.25) is 0 Å². The third-order valence-corrected chi connectivity index (χ3v) is 14.0. The Balaban J connectivity index is 0.867. The maximum absolute atomic E-state index is 6.30. The number of fused-ring (bicyclic) bond motifs is 4. The number of hydrogen-bond acceptors (Lipinski definition) is 6. The second kappa shape index (κ2) is 21.1. The zero-order chi connectivity index (χ0) is 43.6. The van der Waals surface area contributed by atoms with Gasteiger partial charge in [-0.15, -0.1) is 0 Å². The van der Waals surface area contributed by atoms with Crippen molar-refractivity contribution in [3.05, 3.63) is 132 Å². The van der Waals surface area contributed by atoms with Crippen LogP contribution < -0.4 is 0 Å². The second-order valence-corrected chi connectivity index (χ2v) is 18.6. The summed E-state index contributed by atoms with van der Waals surface area (Å²) in [5.41, 5.74) is 7.98. The largest absolute Gasteiger partial charge is 0.381 e. The smallest absolute Gasteiger partial charge is 0.0722 e. The zero-order valence-electron chi connectivity index (χ0n) is 38.1. The van der Waals surface area contributed by atoms with E-state index in [9.17, 15) is 0 Å². The number of ether oxygens (including phenoxy) is 6. The molecule has 2 aliphatic heterocycles. The highest BCUT2D eigenvalue weighted by atomic mass is 16.5. The van der Waals surface area contributed by atoms with Crippen molar-refractivity contribution in [2.24, 2.45) is 10.8 Å². The van der Waals surface area contributed by atoms with E-state index in [2.05, 4.69) is 135 Å². The first-order valence-corrected chi connectivity index (χ1v) is 24.0. The molecule has 0 radical (unpaired) electrons. The van der Waals surface area contributed by atoms with Crippen molar-refractivity contribution < 1.29 is 28.4 Å². The summed E-state index contributed by atoms with van der Waals surface area (Å²) in [5, 5.41) is 9.99. The average Bonchev–Trinajstić information content (AvgIpc) is 3.31. The fraction of sp³-hybridized carbons (Fsp3) is 0.414. The Bertz CT molecular complexity index is 2570. The predicted molar refractivity (Wildman–Crippen MR) is 263 cm³/mol. The van der Waals surface area contributed by atoms with Gasteiger partial charge in [-0.25, -0.2) is 0 Å². The van der Waals surface area contributed by atoms with Gasteiger partial charge < -0.3 is 28.4 Å². The summed E-state index contributed by atoms with van der Waals surface area (Å²) in [7, 11) is 0. The van der Waals surface area contributed by atoms with Crippen LogP contribution >= 0.6 is 0 Å². The van der Waals surface area contributed by atoms with Crippen LogP contribution in [0.25, 0.3) is 65.3 Å². The Morgan fingerprint density at radius 3 is 1.47 bits per heavy atom. The molecular weight excluding hydrogens is 793 g/mol. The van der Waals surface area contributed by atoms with Crippen LogP contribution in [0.1, 0.15) is 76.3 Å². The van der Waals surface area contributed by atoms with Crippen molar-refractivity contribution in [3.8, 4) is 22.3 Å². The van der Waals surface area contributed by atoms with E-state index in [4.69, 9.17) is 28.4 Å². The molecule has 6 heteroatoms. The summed E-state index contributed by atoms with van der Waals surface area (Å²) in [5.74, 6) is 0.